The first-order valence-electron chi connectivity index (χ1n) is 10.8. The highest BCUT2D eigenvalue weighted by Gasteiger charge is 2.76. The first-order valence-corrected chi connectivity index (χ1v) is 10.8. The topological polar surface area (TPSA) is 121 Å². The van der Waals surface area contributed by atoms with Gasteiger partial charge in [-0.05, 0) is 49.8 Å². The molecule has 3 N–H and O–H groups in total. The number of carbonyl (C=O) groups is 3. The molecule has 8 heteroatoms. The van der Waals surface area contributed by atoms with Gasteiger partial charge in [0, 0.05) is 23.7 Å². The summed E-state index contributed by atoms with van der Waals surface area (Å²) in [5.74, 6) is -3.62. The second kappa shape index (κ2) is 6.92. The Morgan fingerprint density at radius 3 is 2.56 bits per heavy atom. The summed E-state index contributed by atoms with van der Waals surface area (Å²) in [4.78, 5) is 36.1. The van der Waals surface area contributed by atoms with Gasteiger partial charge in [-0.1, -0.05) is 25.2 Å². The maximum absolute atomic E-state index is 17.1. The number of hydrogen-bond acceptors (Lipinski definition) is 7. The van der Waals surface area contributed by atoms with Gasteiger partial charge in [-0.15, -0.1) is 0 Å². The highest BCUT2D eigenvalue weighted by Crippen LogP contribution is 2.70. The number of ketones is 2. The minimum atomic E-state index is -2.33. The lowest BCUT2D eigenvalue weighted by Crippen LogP contribution is -2.71. The van der Waals surface area contributed by atoms with E-state index >= 15 is 4.39 Å². The molecule has 0 bridgehead atoms. The van der Waals surface area contributed by atoms with Crippen molar-refractivity contribution >= 4 is 17.5 Å². The van der Waals surface area contributed by atoms with Crippen LogP contribution in [0.1, 0.15) is 40.0 Å². The number of rotatable bonds is 3. The molecule has 0 aliphatic heterocycles. The first-order chi connectivity index (χ1) is 14.7. The molecule has 174 valence electrons. The lowest BCUT2D eigenvalue weighted by atomic mass is 9.44. The Bertz CT molecular complexity index is 985. The van der Waals surface area contributed by atoms with Crippen molar-refractivity contribution < 1.29 is 38.8 Å². The average molecular weight is 448 g/mol. The molecule has 4 aliphatic rings. The fourth-order valence-electron chi connectivity index (χ4n) is 6.95. The summed E-state index contributed by atoms with van der Waals surface area (Å²) in [6, 6.07) is 0. The molecule has 0 aromatic heterocycles. The number of hydrogen-bond donors (Lipinski definition) is 3. The van der Waals surface area contributed by atoms with Crippen LogP contribution in [0.25, 0.3) is 0 Å². The maximum Gasteiger partial charge on any atom is 0.303 e. The molecular formula is C24H29FO7. The third-order valence-corrected chi connectivity index (χ3v) is 8.66. The number of aliphatic hydroxyl groups excluding tert-OH is 2. The Labute approximate surface area is 185 Å². The molecule has 8 atom stereocenters. The second-order valence-electron chi connectivity index (χ2n) is 10.1. The van der Waals surface area contributed by atoms with Crippen LogP contribution in [0.3, 0.4) is 0 Å². The Kier molecular flexibility index (Phi) is 4.98. The first kappa shape index (κ1) is 23.0. The normalized spacial score (nSPS) is 47.3. The van der Waals surface area contributed by atoms with Gasteiger partial charge in [-0.3, -0.25) is 14.4 Å². The van der Waals surface area contributed by atoms with Crippen molar-refractivity contribution in [3.63, 3.8) is 0 Å². The third kappa shape index (κ3) is 2.60. The summed E-state index contributed by atoms with van der Waals surface area (Å²) >= 11 is 0. The Morgan fingerprint density at radius 2 is 1.94 bits per heavy atom. The van der Waals surface area contributed by atoms with Gasteiger partial charge in [-0.2, -0.15) is 0 Å². The Hall–Kier alpha value is -2.16. The van der Waals surface area contributed by atoms with E-state index in [0.29, 0.717) is 5.57 Å². The van der Waals surface area contributed by atoms with E-state index in [2.05, 4.69) is 6.58 Å². The summed E-state index contributed by atoms with van der Waals surface area (Å²) in [6.45, 7) is 7.54. The van der Waals surface area contributed by atoms with Crippen molar-refractivity contribution in [3.05, 3.63) is 36.0 Å². The lowest BCUT2D eigenvalue weighted by molar-refractivity contribution is -0.236. The fourth-order valence-corrected chi connectivity index (χ4v) is 6.95. The summed E-state index contributed by atoms with van der Waals surface area (Å²) < 4.78 is 21.9. The van der Waals surface area contributed by atoms with Crippen LogP contribution in [0.5, 0.6) is 0 Å². The molecular weight excluding hydrogens is 419 g/mol. The summed E-state index contributed by atoms with van der Waals surface area (Å²) in [5.41, 5.74) is -6.58. The van der Waals surface area contributed by atoms with E-state index in [1.807, 2.05) is 0 Å². The van der Waals surface area contributed by atoms with Gasteiger partial charge >= 0.3 is 5.97 Å². The van der Waals surface area contributed by atoms with E-state index in [0.717, 1.165) is 6.92 Å². The quantitative estimate of drug-likeness (QED) is 0.440. The zero-order chi connectivity index (χ0) is 23.9. The molecule has 0 aromatic carbocycles. The standard InChI is InChI=1S/C24H29FO7/c1-12-7-16-20-17(28)9-14-8-15(27)5-6-21(14,3)23(20,25)18(29)10-22(16,4)24(12,31)19(30)11-32-13(2)26/h5-6,8,16-18,20,28-29,31H,1,7,9-11H2,2-4H3/t16-,17-,18-,20+,21-,22-,23+,24-/m0/s1. The van der Waals surface area contributed by atoms with E-state index in [1.54, 1.807) is 13.8 Å². The van der Waals surface area contributed by atoms with E-state index in [4.69, 9.17) is 4.74 Å². The van der Waals surface area contributed by atoms with Gasteiger partial charge < -0.3 is 20.1 Å². The van der Waals surface area contributed by atoms with Crippen molar-refractivity contribution in [2.45, 2.75) is 63.5 Å². The van der Waals surface area contributed by atoms with Crippen LogP contribution in [0.2, 0.25) is 0 Å². The van der Waals surface area contributed by atoms with Crippen LogP contribution in [-0.4, -0.2) is 62.9 Å². The van der Waals surface area contributed by atoms with Crippen molar-refractivity contribution in [3.8, 4) is 0 Å². The molecule has 0 amide bonds. The molecule has 3 fully saturated rings. The van der Waals surface area contributed by atoms with Gasteiger partial charge in [0.15, 0.2) is 23.7 Å². The van der Waals surface area contributed by atoms with E-state index in [9.17, 15) is 29.7 Å². The number of alkyl halides is 1. The molecule has 4 rings (SSSR count). The summed E-state index contributed by atoms with van der Waals surface area (Å²) in [6.07, 6.45) is 0.984. The van der Waals surface area contributed by atoms with E-state index < -0.39 is 64.5 Å². The predicted molar refractivity (Wildman–Crippen MR) is 111 cm³/mol. The minimum Gasteiger partial charge on any atom is -0.458 e. The fraction of sp³-hybridized carbons (Fsp3) is 0.625. The molecule has 0 unspecified atom stereocenters. The zero-order valence-electron chi connectivity index (χ0n) is 18.4. The smallest absolute Gasteiger partial charge is 0.303 e. The van der Waals surface area contributed by atoms with E-state index in [1.165, 1.54) is 18.2 Å². The maximum atomic E-state index is 17.1. The van der Waals surface area contributed by atoms with Crippen molar-refractivity contribution in [2.24, 2.45) is 22.7 Å². The van der Waals surface area contributed by atoms with Crippen LogP contribution >= 0.6 is 0 Å². The number of ether oxygens (including phenoxy) is 1. The highest BCUT2D eigenvalue weighted by atomic mass is 19.1. The number of halogens is 1. The second-order valence-corrected chi connectivity index (χ2v) is 10.1. The number of allylic oxidation sites excluding steroid dienone is 3. The molecule has 7 nitrogen and oxygen atoms in total. The van der Waals surface area contributed by atoms with E-state index in [-0.39, 0.29) is 30.6 Å². The van der Waals surface area contributed by atoms with Gasteiger partial charge in [0.05, 0.1) is 12.2 Å². The molecule has 0 spiro atoms. The zero-order valence-corrected chi connectivity index (χ0v) is 18.4. The molecule has 0 heterocycles. The van der Waals surface area contributed by atoms with Crippen LogP contribution in [0.4, 0.5) is 4.39 Å². The van der Waals surface area contributed by atoms with Crippen LogP contribution < -0.4 is 0 Å². The minimum absolute atomic E-state index is 0.0362. The Morgan fingerprint density at radius 1 is 1.28 bits per heavy atom. The van der Waals surface area contributed by atoms with Gasteiger partial charge in [0.25, 0.3) is 0 Å². The van der Waals surface area contributed by atoms with Crippen molar-refractivity contribution in [1.82, 2.24) is 0 Å². The number of esters is 1. The summed E-state index contributed by atoms with van der Waals surface area (Å²) in [5, 5.41) is 33.9. The predicted octanol–water partition coefficient (Wildman–Crippen LogP) is 1.36. The number of carbonyl (C=O) groups excluding carboxylic acids is 3. The van der Waals surface area contributed by atoms with Crippen LogP contribution in [-0.2, 0) is 19.1 Å². The highest BCUT2D eigenvalue weighted by molar-refractivity contribution is 6.01. The Balaban J connectivity index is 1.81. The molecule has 0 saturated heterocycles. The lowest BCUT2D eigenvalue weighted by Gasteiger charge is -2.63. The number of Topliss-reactive ketones (excluding diaryl/α,β-unsaturated/α-hetero) is 1. The number of fused-ring (bicyclic) bond motifs is 5. The average Bonchev–Trinajstić information content (AvgIpc) is 2.89. The summed E-state index contributed by atoms with van der Waals surface area (Å²) in [7, 11) is 0. The molecule has 3 saturated carbocycles. The molecule has 4 aliphatic carbocycles. The van der Waals surface area contributed by atoms with Gasteiger partial charge in [-0.25, -0.2) is 4.39 Å². The van der Waals surface area contributed by atoms with Gasteiger partial charge in [0.2, 0.25) is 5.78 Å². The third-order valence-electron chi connectivity index (χ3n) is 8.66. The molecule has 0 aromatic rings. The largest absolute Gasteiger partial charge is 0.458 e. The van der Waals surface area contributed by atoms with Crippen LogP contribution in [0.15, 0.2) is 36.0 Å². The van der Waals surface area contributed by atoms with Gasteiger partial charge in [0.1, 0.15) is 0 Å². The molecule has 0 radical (unpaired) electrons. The van der Waals surface area contributed by atoms with Crippen molar-refractivity contribution in [2.75, 3.05) is 6.61 Å². The molecule has 32 heavy (non-hydrogen) atoms. The monoisotopic (exact) mass is 448 g/mol. The van der Waals surface area contributed by atoms with Crippen molar-refractivity contribution in [1.29, 1.82) is 0 Å². The number of aliphatic hydroxyl groups is 3. The van der Waals surface area contributed by atoms with Crippen LogP contribution in [0, 0.1) is 22.7 Å². The SMILES string of the molecule is C=C1C[C@H]2[C@@H]3[C@@H](O)CC4=CC(=O)C=C[C@]4(C)[C@@]3(F)[C@@H](O)C[C@]2(C)[C@@]1(O)C(=O)COC(C)=O.